The Morgan fingerprint density at radius 3 is 2.74 bits per heavy atom. The SMILES string of the molecule is Cc1ccc(-c2cc(N3CC(Cl)CC3=O)n[nH]2)cc1. The molecule has 3 rings (SSSR count). The fourth-order valence-corrected chi connectivity index (χ4v) is 2.49. The van der Waals surface area contributed by atoms with Gasteiger partial charge in [0.1, 0.15) is 0 Å². The normalized spacial score (nSPS) is 19.2. The molecule has 0 bridgehead atoms. The second-order valence-electron chi connectivity index (χ2n) is 4.81. The van der Waals surface area contributed by atoms with Gasteiger partial charge in [-0.15, -0.1) is 11.6 Å². The lowest BCUT2D eigenvalue weighted by atomic mass is 10.1. The third-order valence-corrected chi connectivity index (χ3v) is 3.57. The highest BCUT2D eigenvalue weighted by molar-refractivity contribution is 6.24. The molecular formula is C14H14ClN3O. The van der Waals surface area contributed by atoms with Gasteiger partial charge in [-0.1, -0.05) is 29.8 Å². The Morgan fingerprint density at radius 2 is 2.11 bits per heavy atom. The molecule has 4 nitrogen and oxygen atoms in total. The van der Waals surface area contributed by atoms with Crippen molar-refractivity contribution in [1.82, 2.24) is 10.2 Å². The smallest absolute Gasteiger partial charge is 0.229 e. The summed E-state index contributed by atoms with van der Waals surface area (Å²) in [5.74, 6) is 0.672. The molecule has 1 unspecified atom stereocenters. The predicted molar refractivity (Wildman–Crippen MR) is 75.4 cm³/mol. The Bertz CT molecular complexity index is 605. The number of aromatic amines is 1. The number of hydrogen-bond acceptors (Lipinski definition) is 2. The van der Waals surface area contributed by atoms with Crippen LogP contribution < -0.4 is 4.90 Å². The van der Waals surface area contributed by atoms with Gasteiger partial charge in [0.15, 0.2) is 5.82 Å². The van der Waals surface area contributed by atoms with Gasteiger partial charge in [0.05, 0.1) is 11.1 Å². The van der Waals surface area contributed by atoms with Crippen LogP contribution in [0, 0.1) is 6.92 Å². The molecule has 2 aromatic rings. The Hall–Kier alpha value is -1.81. The van der Waals surface area contributed by atoms with E-state index in [9.17, 15) is 4.79 Å². The van der Waals surface area contributed by atoms with Crippen LogP contribution in [-0.2, 0) is 4.79 Å². The molecule has 1 aromatic heterocycles. The summed E-state index contributed by atoms with van der Waals surface area (Å²) in [5.41, 5.74) is 3.17. The number of nitrogens with zero attached hydrogens (tertiary/aromatic N) is 2. The topological polar surface area (TPSA) is 49.0 Å². The standard InChI is InChI=1S/C14H14ClN3O/c1-9-2-4-10(5-3-9)12-7-13(17-16-12)18-8-11(15)6-14(18)19/h2-5,7,11H,6,8H2,1H3,(H,16,17). The van der Waals surface area contributed by atoms with E-state index in [-0.39, 0.29) is 11.3 Å². The summed E-state index contributed by atoms with van der Waals surface area (Å²) in [5, 5.41) is 7.05. The van der Waals surface area contributed by atoms with Gasteiger partial charge in [-0.25, -0.2) is 0 Å². The number of halogens is 1. The maximum Gasteiger partial charge on any atom is 0.229 e. The summed E-state index contributed by atoms with van der Waals surface area (Å²) in [6, 6.07) is 10.0. The zero-order valence-corrected chi connectivity index (χ0v) is 11.3. The van der Waals surface area contributed by atoms with Crippen molar-refractivity contribution in [2.75, 3.05) is 11.4 Å². The van der Waals surface area contributed by atoms with Gasteiger partial charge >= 0.3 is 0 Å². The van der Waals surface area contributed by atoms with Gasteiger partial charge in [-0.05, 0) is 12.5 Å². The fourth-order valence-electron chi connectivity index (χ4n) is 2.22. The molecule has 0 saturated carbocycles. The van der Waals surface area contributed by atoms with Crippen LogP contribution in [0.1, 0.15) is 12.0 Å². The van der Waals surface area contributed by atoms with Crippen LogP contribution >= 0.6 is 11.6 Å². The van der Waals surface area contributed by atoms with E-state index in [0.717, 1.165) is 11.3 Å². The van der Waals surface area contributed by atoms with Crippen LogP contribution in [0.2, 0.25) is 0 Å². The number of anilines is 1. The first-order valence-electron chi connectivity index (χ1n) is 6.20. The number of carbonyl (C=O) groups excluding carboxylic acids is 1. The van der Waals surface area contributed by atoms with Crippen LogP contribution in [0.25, 0.3) is 11.3 Å². The lowest BCUT2D eigenvalue weighted by Gasteiger charge is -2.10. The van der Waals surface area contributed by atoms with E-state index in [4.69, 9.17) is 11.6 Å². The monoisotopic (exact) mass is 275 g/mol. The number of rotatable bonds is 2. The summed E-state index contributed by atoms with van der Waals surface area (Å²) in [6.45, 7) is 2.57. The maximum absolute atomic E-state index is 11.8. The Balaban J connectivity index is 1.87. The molecule has 1 fully saturated rings. The number of amides is 1. The molecule has 1 saturated heterocycles. The molecular weight excluding hydrogens is 262 g/mol. The van der Waals surface area contributed by atoms with Crippen molar-refractivity contribution in [2.45, 2.75) is 18.7 Å². The third kappa shape index (κ3) is 2.36. The number of aryl methyl sites for hydroxylation is 1. The average Bonchev–Trinajstić information content (AvgIpc) is 2.97. The van der Waals surface area contributed by atoms with Gasteiger partial charge in [0, 0.05) is 19.0 Å². The van der Waals surface area contributed by atoms with Crippen molar-refractivity contribution in [2.24, 2.45) is 0 Å². The fraction of sp³-hybridized carbons (Fsp3) is 0.286. The van der Waals surface area contributed by atoms with Crippen molar-refractivity contribution >= 4 is 23.3 Å². The quantitative estimate of drug-likeness (QED) is 0.857. The molecule has 19 heavy (non-hydrogen) atoms. The molecule has 0 spiro atoms. The molecule has 5 heteroatoms. The van der Waals surface area contributed by atoms with Gasteiger partial charge in [-0.3, -0.25) is 14.8 Å². The molecule has 1 atom stereocenters. The number of benzene rings is 1. The van der Waals surface area contributed by atoms with Crippen LogP contribution in [0.5, 0.6) is 0 Å². The number of nitrogens with one attached hydrogen (secondary N) is 1. The van der Waals surface area contributed by atoms with Crippen molar-refractivity contribution in [3.63, 3.8) is 0 Å². The van der Waals surface area contributed by atoms with E-state index in [1.54, 1.807) is 4.90 Å². The summed E-state index contributed by atoms with van der Waals surface area (Å²) in [4.78, 5) is 13.4. The highest BCUT2D eigenvalue weighted by atomic mass is 35.5. The van der Waals surface area contributed by atoms with E-state index >= 15 is 0 Å². The van der Waals surface area contributed by atoms with E-state index in [2.05, 4.69) is 10.2 Å². The lowest BCUT2D eigenvalue weighted by molar-refractivity contribution is -0.117. The molecule has 98 valence electrons. The maximum atomic E-state index is 11.8. The summed E-state index contributed by atoms with van der Waals surface area (Å²) in [6.07, 6.45) is 0.383. The first kappa shape index (κ1) is 12.2. The van der Waals surface area contributed by atoms with E-state index in [1.165, 1.54) is 5.56 Å². The zero-order valence-electron chi connectivity index (χ0n) is 10.6. The summed E-state index contributed by atoms with van der Waals surface area (Å²) >= 11 is 5.99. The minimum atomic E-state index is -0.118. The number of hydrogen-bond donors (Lipinski definition) is 1. The van der Waals surface area contributed by atoms with Crippen molar-refractivity contribution in [3.8, 4) is 11.3 Å². The minimum absolute atomic E-state index is 0.0296. The van der Waals surface area contributed by atoms with Gasteiger partial charge in [0.2, 0.25) is 5.91 Å². The molecule has 1 aliphatic heterocycles. The number of H-pyrrole nitrogens is 1. The molecule has 1 aromatic carbocycles. The Labute approximate surface area is 116 Å². The van der Waals surface area contributed by atoms with Crippen LogP contribution in [0.15, 0.2) is 30.3 Å². The predicted octanol–water partition coefficient (Wildman–Crippen LogP) is 2.73. The van der Waals surface area contributed by atoms with Crippen LogP contribution in [0.3, 0.4) is 0 Å². The van der Waals surface area contributed by atoms with E-state index < -0.39 is 0 Å². The second kappa shape index (κ2) is 4.70. The zero-order chi connectivity index (χ0) is 13.4. The number of carbonyl (C=O) groups is 1. The van der Waals surface area contributed by atoms with Crippen LogP contribution in [-0.4, -0.2) is 28.0 Å². The second-order valence-corrected chi connectivity index (χ2v) is 5.43. The molecule has 1 aliphatic rings. The highest BCUT2D eigenvalue weighted by Crippen LogP contribution is 2.26. The van der Waals surface area contributed by atoms with E-state index in [0.29, 0.717) is 18.8 Å². The van der Waals surface area contributed by atoms with Gasteiger partial charge in [-0.2, -0.15) is 5.10 Å². The minimum Gasteiger partial charge on any atom is -0.294 e. The first-order chi connectivity index (χ1) is 9.13. The Kier molecular flexibility index (Phi) is 3.03. The third-order valence-electron chi connectivity index (χ3n) is 3.28. The lowest BCUT2D eigenvalue weighted by Crippen LogP contribution is -2.24. The van der Waals surface area contributed by atoms with Crippen molar-refractivity contribution < 1.29 is 4.79 Å². The molecule has 0 aliphatic carbocycles. The Morgan fingerprint density at radius 1 is 1.37 bits per heavy atom. The molecule has 1 N–H and O–H groups in total. The van der Waals surface area contributed by atoms with Crippen LogP contribution in [0.4, 0.5) is 5.82 Å². The van der Waals surface area contributed by atoms with E-state index in [1.807, 2.05) is 37.3 Å². The highest BCUT2D eigenvalue weighted by Gasteiger charge is 2.30. The van der Waals surface area contributed by atoms with Crippen molar-refractivity contribution in [3.05, 3.63) is 35.9 Å². The van der Waals surface area contributed by atoms with Gasteiger partial charge < -0.3 is 0 Å². The largest absolute Gasteiger partial charge is 0.294 e. The first-order valence-corrected chi connectivity index (χ1v) is 6.64. The summed E-state index contributed by atoms with van der Waals surface area (Å²) < 4.78 is 0. The average molecular weight is 276 g/mol. The summed E-state index contributed by atoms with van der Waals surface area (Å²) in [7, 11) is 0. The molecule has 1 amide bonds. The molecule has 2 heterocycles. The van der Waals surface area contributed by atoms with Gasteiger partial charge in [0.25, 0.3) is 0 Å². The number of alkyl halides is 1. The van der Waals surface area contributed by atoms with Crippen molar-refractivity contribution in [1.29, 1.82) is 0 Å². The molecule has 0 radical (unpaired) electrons. The number of aromatic nitrogens is 2.